The van der Waals surface area contributed by atoms with Gasteiger partial charge in [-0.3, -0.25) is 4.79 Å². The second-order valence-electron chi connectivity index (χ2n) is 8.23. The second-order valence-corrected chi connectivity index (χ2v) is 8.23. The molecule has 36 heavy (non-hydrogen) atoms. The molecule has 0 fully saturated rings. The standard InChI is InChI=1S/C27H24BN5O3/c28-22-17-31-33-25(16-23(32-26(22)33)21-11-4-5-12-24(21)34)29-13-14-30-27(35)18-7-6-10-20(15-18)36-19-8-2-1-3-9-19/h1-12,15-17,29,34H,13-14,28H2,(H,30,35). The monoisotopic (exact) mass is 477 g/mol. The van der Waals surface area contributed by atoms with Gasteiger partial charge in [0, 0.05) is 36.5 Å². The molecule has 178 valence electrons. The third-order valence-corrected chi connectivity index (χ3v) is 5.62. The fourth-order valence-corrected chi connectivity index (χ4v) is 3.82. The van der Waals surface area contributed by atoms with Crippen molar-refractivity contribution in [2.24, 2.45) is 0 Å². The summed E-state index contributed by atoms with van der Waals surface area (Å²) in [5, 5.41) is 20.9. The SMILES string of the molecule is Bc1cnn2c(NCCNC(=O)c3cccc(Oc4ccccc4)c3)cc(-c3ccccc3O)nc12. The minimum atomic E-state index is -0.194. The molecule has 2 heterocycles. The Morgan fingerprint density at radius 1 is 0.944 bits per heavy atom. The highest BCUT2D eigenvalue weighted by Crippen LogP contribution is 2.29. The number of hydrogen-bond acceptors (Lipinski definition) is 6. The average molecular weight is 477 g/mol. The molecule has 9 heteroatoms. The smallest absolute Gasteiger partial charge is 0.251 e. The van der Waals surface area contributed by atoms with Gasteiger partial charge in [0.05, 0.1) is 5.69 Å². The zero-order valence-electron chi connectivity index (χ0n) is 19.7. The summed E-state index contributed by atoms with van der Waals surface area (Å²) in [7, 11) is 1.93. The average Bonchev–Trinajstić information content (AvgIpc) is 3.28. The van der Waals surface area contributed by atoms with Crippen LogP contribution < -0.4 is 20.8 Å². The van der Waals surface area contributed by atoms with Gasteiger partial charge in [-0.2, -0.15) is 9.61 Å². The molecule has 0 spiro atoms. The van der Waals surface area contributed by atoms with E-state index in [0.717, 1.165) is 5.46 Å². The molecular formula is C27H24BN5O3. The summed E-state index contributed by atoms with van der Waals surface area (Å²) < 4.78 is 7.54. The maximum absolute atomic E-state index is 12.7. The number of aromatic nitrogens is 3. The number of ether oxygens (including phenoxy) is 1. The number of anilines is 1. The Morgan fingerprint density at radius 3 is 2.56 bits per heavy atom. The first-order valence-corrected chi connectivity index (χ1v) is 11.6. The highest BCUT2D eigenvalue weighted by molar-refractivity contribution is 6.36. The molecule has 2 aromatic heterocycles. The summed E-state index contributed by atoms with van der Waals surface area (Å²) in [5.74, 6) is 1.97. The minimum Gasteiger partial charge on any atom is -0.507 e. The number of hydrogen-bond donors (Lipinski definition) is 3. The molecule has 0 aliphatic heterocycles. The van der Waals surface area contributed by atoms with E-state index in [4.69, 9.17) is 4.74 Å². The van der Waals surface area contributed by atoms with Crippen LogP contribution in [0.2, 0.25) is 0 Å². The van der Waals surface area contributed by atoms with E-state index >= 15 is 0 Å². The van der Waals surface area contributed by atoms with Crippen LogP contribution in [0, 0.1) is 0 Å². The van der Waals surface area contributed by atoms with Gasteiger partial charge in [0.25, 0.3) is 5.91 Å². The second kappa shape index (κ2) is 10.2. The van der Waals surface area contributed by atoms with Crippen LogP contribution in [0.25, 0.3) is 16.9 Å². The number of carbonyl (C=O) groups excluding carboxylic acids is 1. The lowest BCUT2D eigenvalue weighted by Gasteiger charge is -2.12. The van der Waals surface area contributed by atoms with Gasteiger partial charge in [-0.1, -0.05) is 36.4 Å². The Labute approximate surface area is 209 Å². The van der Waals surface area contributed by atoms with Crippen molar-refractivity contribution in [2.45, 2.75) is 0 Å². The van der Waals surface area contributed by atoms with Crippen LogP contribution in [0.4, 0.5) is 5.82 Å². The molecule has 0 aliphatic rings. The van der Waals surface area contributed by atoms with Crippen molar-refractivity contribution in [3.05, 3.63) is 96.7 Å². The Bertz CT molecular complexity index is 1520. The summed E-state index contributed by atoms with van der Waals surface area (Å²) in [6, 6.07) is 25.4. The molecule has 5 aromatic rings. The van der Waals surface area contributed by atoms with Crippen molar-refractivity contribution in [3.8, 4) is 28.5 Å². The maximum atomic E-state index is 12.7. The Kier molecular flexibility index (Phi) is 6.53. The lowest BCUT2D eigenvalue weighted by atomic mass is 10.0. The Hall–Kier alpha value is -4.79. The zero-order chi connectivity index (χ0) is 24.9. The van der Waals surface area contributed by atoms with Gasteiger partial charge in [0.2, 0.25) is 0 Å². The number of fused-ring (bicyclic) bond motifs is 1. The number of amides is 1. The molecule has 0 aliphatic carbocycles. The number of nitrogens with zero attached hydrogens (tertiary/aromatic N) is 3. The van der Waals surface area contributed by atoms with Crippen molar-refractivity contribution < 1.29 is 14.6 Å². The molecular weight excluding hydrogens is 453 g/mol. The molecule has 0 saturated heterocycles. The first kappa shape index (κ1) is 23.0. The third kappa shape index (κ3) is 5.00. The van der Waals surface area contributed by atoms with Gasteiger partial charge in [-0.15, -0.1) is 0 Å². The van der Waals surface area contributed by atoms with Gasteiger partial charge in [0.1, 0.15) is 30.9 Å². The number of carbonyl (C=O) groups is 1. The highest BCUT2D eigenvalue weighted by atomic mass is 16.5. The topological polar surface area (TPSA) is 101 Å². The summed E-state index contributed by atoms with van der Waals surface area (Å²) in [4.78, 5) is 17.4. The highest BCUT2D eigenvalue weighted by Gasteiger charge is 2.13. The zero-order valence-corrected chi connectivity index (χ0v) is 19.7. The number of nitrogens with one attached hydrogen (secondary N) is 2. The lowest BCUT2D eigenvalue weighted by Crippen LogP contribution is -2.29. The van der Waals surface area contributed by atoms with Gasteiger partial charge in [0.15, 0.2) is 5.65 Å². The number of para-hydroxylation sites is 2. The molecule has 0 atom stereocenters. The van der Waals surface area contributed by atoms with Gasteiger partial charge < -0.3 is 20.5 Å². The Morgan fingerprint density at radius 2 is 1.72 bits per heavy atom. The van der Waals surface area contributed by atoms with E-state index in [-0.39, 0.29) is 11.7 Å². The fraction of sp³-hybridized carbons (Fsp3) is 0.0741. The van der Waals surface area contributed by atoms with Gasteiger partial charge in [-0.05, 0) is 47.9 Å². The van der Waals surface area contributed by atoms with Crippen LogP contribution in [-0.4, -0.2) is 46.5 Å². The van der Waals surface area contributed by atoms with Crippen LogP contribution in [0.15, 0.2) is 91.1 Å². The largest absolute Gasteiger partial charge is 0.507 e. The van der Waals surface area contributed by atoms with Gasteiger partial charge in [-0.25, -0.2) is 4.98 Å². The molecule has 1 amide bonds. The summed E-state index contributed by atoms with van der Waals surface area (Å²) in [5.41, 5.74) is 3.39. The van der Waals surface area contributed by atoms with E-state index in [9.17, 15) is 9.90 Å². The van der Waals surface area contributed by atoms with Crippen molar-refractivity contribution in [1.29, 1.82) is 0 Å². The van der Waals surface area contributed by atoms with E-state index < -0.39 is 0 Å². The van der Waals surface area contributed by atoms with Crippen molar-refractivity contribution >= 4 is 30.7 Å². The van der Waals surface area contributed by atoms with Crippen LogP contribution in [-0.2, 0) is 0 Å². The number of rotatable bonds is 8. The van der Waals surface area contributed by atoms with E-state index in [1.165, 1.54) is 0 Å². The summed E-state index contributed by atoms with van der Waals surface area (Å²) in [6.07, 6.45) is 1.74. The normalized spacial score (nSPS) is 10.8. The van der Waals surface area contributed by atoms with Crippen molar-refractivity contribution in [2.75, 3.05) is 18.4 Å². The van der Waals surface area contributed by atoms with Crippen LogP contribution >= 0.6 is 0 Å². The minimum absolute atomic E-state index is 0.156. The van der Waals surface area contributed by atoms with Crippen LogP contribution in [0.3, 0.4) is 0 Å². The number of benzene rings is 3. The molecule has 0 radical (unpaired) electrons. The summed E-state index contributed by atoms with van der Waals surface area (Å²) >= 11 is 0. The molecule has 0 unspecified atom stereocenters. The number of phenolic OH excluding ortho intramolecular Hbond substituents is 1. The predicted octanol–water partition coefficient (Wildman–Crippen LogP) is 2.99. The third-order valence-electron chi connectivity index (χ3n) is 5.62. The number of aromatic hydroxyl groups is 1. The van der Waals surface area contributed by atoms with E-state index in [1.54, 1.807) is 41.0 Å². The molecule has 0 bridgehead atoms. The fourth-order valence-electron chi connectivity index (χ4n) is 3.82. The maximum Gasteiger partial charge on any atom is 0.251 e. The first-order chi connectivity index (χ1) is 17.6. The quantitative estimate of drug-likeness (QED) is 0.235. The van der Waals surface area contributed by atoms with E-state index in [1.807, 2.05) is 62.4 Å². The predicted molar refractivity (Wildman–Crippen MR) is 142 cm³/mol. The molecule has 5 rings (SSSR count). The lowest BCUT2D eigenvalue weighted by molar-refractivity contribution is 0.0955. The molecule has 0 saturated carbocycles. The number of phenols is 1. The molecule has 3 N–H and O–H groups in total. The van der Waals surface area contributed by atoms with Gasteiger partial charge >= 0.3 is 0 Å². The molecule has 3 aromatic carbocycles. The van der Waals surface area contributed by atoms with Crippen molar-refractivity contribution in [1.82, 2.24) is 19.9 Å². The van der Waals surface area contributed by atoms with Crippen LogP contribution in [0.5, 0.6) is 17.2 Å². The Balaban J connectivity index is 1.25. The first-order valence-electron chi connectivity index (χ1n) is 11.6. The van der Waals surface area contributed by atoms with Crippen molar-refractivity contribution in [3.63, 3.8) is 0 Å². The van der Waals surface area contributed by atoms with Crippen LogP contribution in [0.1, 0.15) is 10.4 Å². The van der Waals surface area contributed by atoms with E-state index in [2.05, 4.69) is 20.7 Å². The van der Waals surface area contributed by atoms with E-state index in [0.29, 0.717) is 52.9 Å². The molecule has 8 nitrogen and oxygen atoms in total. The summed E-state index contributed by atoms with van der Waals surface area (Å²) in [6.45, 7) is 0.850.